The van der Waals surface area contributed by atoms with Crippen molar-refractivity contribution in [3.05, 3.63) is 29.9 Å². The van der Waals surface area contributed by atoms with Gasteiger partial charge >= 0.3 is 0 Å². The first kappa shape index (κ1) is 11.4. The van der Waals surface area contributed by atoms with Crippen LogP contribution in [-0.2, 0) is 7.05 Å². The zero-order valence-corrected chi connectivity index (χ0v) is 9.82. The summed E-state index contributed by atoms with van der Waals surface area (Å²) in [6.45, 7) is 0. The lowest BCUT2D eigenvalue weighted by Gasteiger charge is -2.18. The summed E-state index contributed by atoms with van der Waals surface area (Å²) in [6.07, 6.45) is 12.3. The smallest absolute Gasteiger partial charge is 0.131 e. The Kier molecular flexibility index (Phi) is 3.74. The number of hydrazine groups is 1. The second-order valence-corrected chi connectivity index (χ2v) is 4.37. The SMILES string of the molecule is Cn1ccnc1C(NN)C1=CCCCCC1. The molecule has 2 rings (SSSR count). The predicted octanol–water partition coefficient (Wildman–Crippen LogP) is 1.81. The van der Waals surface area contributed by atoms with Crippen molar-refractivity contribution in [1.29, 1.82) is 0 Å². The lowest BCUT2D eigenvalue weighted by molar-refractivity contribution is 0.548. The number of nitrogens with two attached hydrogens (primary N) is 1. The summed E-state index contributed by atoms with van der Waals surface area (Å²) in [7, 11) is 2.00. The minimum atomic E-state index is 0.0677. The van der Waals surface area contributed by atoms with Gasteiger partial charge < -0.3 is 4.57 Å². The fourth-order valence-corrected chi connectivity index (χ4v) is 2.30. The molecule has 1 aromatic rings. The van der Waals surface area contributed by atoms with E-state index >= 15 is 0 Å². The van der Waals surface area contributed by atoms with Crippen molar-refractivity contribution in [3.8, 4) is 0 Å². The predicted molar refractivity (Wildman–Crippen MR) is 64.4 cm³/mol. The Morgan fingerprint density at radius 1 is 1.44 bits per heavy atom. The van der Waals surface area contributed by atoms with Crippen LogP contribution in [0.5, 0.6) is 0 Å². The average Bonchev–Trinajstić information content (AvgIpc) is 2.57. The first-order chi connectivity index (χ1) is 7.83. The molecule has 4 heteroatoms. The Morgan fingerprint density at radius 2 is 2.31 bits per heavy atom. The van der Waals surface area contributed by atoms with Crippen LogP contribution in [0.25, 0.3) is 0 Å². The fourth-order valence-electron chi connectivity index (χ4n) is 2.30. The molecule has 0 saturated carbocycles. The van der Waals surface area contributed by atoms with Crippen molar-refractivity contribution in [3.63, 3.8) is 0 Å². The third-order valence-electron chi connectivity index (χ3n) is 3.23. The molecule has 3 N–H and O–H groups in total. The van der Waals surface area contributed by atoms with Crippen LogP contribution in [0.2, 0.25) is 0 Å². The van der Waals surface area contributed by atoms with E-state index in [1.165, 1.54) is 24.8 Å². The monoisotopic (exact) mass is 220 g/mol. The Balaban J connectivity index is 2.21. The molecule has 1 aliphatic carbocycles. The number of hydrogen-bond donors (Lipinski definition) is 2. The van der Waals surface area contributed by atoms with E-state index in [0.29, 0.717) is 0 Å². The van der Waals surface area contributed by atoms with E-state index in [0.717, 1.165) is 18.7 Å². The molecule has 1 aromatic heterocycles. The molecule has 0 radical (unpaired) electrons. The minimum Gasteiger partial charge on any atom is -0.336 e. The number of aromatic nitrogens is 2. The van der Waals surface area contributed by atoms with Gasteiger partial charge in [0.15, 0.2) is 0 Å². The molecule has 1 heterocycles. The number of nitrogens with zero attached hydrogens (tertiary/aromatic N) is 2. The lowest BCUT2D eigenvalue weighted by Crippen LogP contribution is -2.31. The second kappa shape index (κ2) is 5.27. The van der Waals surface area contributed by atoms with E-state index in [9.17, 15) is 0 Å². The quantitative estimate of drug-likeness (QED) is 0.464. The van der Waals surface area contributed by atoms with Gasteiger partial charge in [-0.2, -0.15) is 0 Å². The van der Waals surface area contributed by atoms with Crippen LogP contribution in [0, 0.1) is 0 Å². The Morgan fingerprint density at radius 3 is 3.00 bits per heavy atom. The van der Waals surface area contributed by atoms with Crippen molar-refractivity contribution < 1.29 is 0 Å². The molecule has 0 bridgehead atoms. The van der Waals surface area contributed by atoms with Crippen LogP contribution in [0.4, 0.5) is 0 Å². The summed E-state index contributed by atoms with van der Waals surface area (Å²) in [6, 6.07) is 0.0677. The van der Waals surface area contributed by atoms with Gasteiger partial charge in [0, 0.05) is 19.4 Å². The Labute approximate surface area is 96.5 Å². The largest absolute Gasteiger partial charge is 0.336 e. The standard InChI is InChI=1S/C12H20N4/c1-16-9-8-14-12(16)11(15-13)10-6-4-2-3-5-7-10/h6,8-9,11,15H,2-5,7,13H2,1H3. The van der Waals surface area contributed by atoms with Gasteiger partial charge in [-0.3, -0.25) is 5.84 Å². The third-order valence-corrected chi connectivity index (χ3v) is 3.23. The molecule has 0 saturated heterocycles. The topological polar surface area (TPSA) is 55.9 Å². The average molecular weight is 220 g/mol. The van der Waals surface area contributed by atoms with E-state index in [4.69, 9.17) is 5.84 Å². The van der Waals surface area contributed by atoms with Gasteiger partial charge in [0.1, 0.15) is 11.9 Å². The van der Waals surface area contributed by atoms with Crippen LogP contribution in [0.1, 0.15) is 44.0 Å². The van der Waals surface area contributed by atoms with Gasteiger partial charge in [0.2, 0.25) is 0 Å². The van der Waals surface area contributed by atoms with Gasteiger partial charge in [-0.15, -0.1) is 0 Å². The molecule has 0 spiro atoms. The van der Waals surface area contributed by atoms with Crippen LogP contribution in [0.3, 0.4) is 0 Å². The summed E-state index contributed by atoms with van der Waals surface area (Å²) in [4.78, 5) is 4.37. The van der Waals surface area contributed by atoms with Crippen molar-refractivity contribution in [2.45, 2.75) is 38.1 Å². The highest BCUT2D eigenvalue weighted by Gasteiger charge is 2.19. The van der Waals surface area contributed by atoms with E-state index in [1.54, 1.807) is 0 Å². The van der Waals surface area contributed by atoms with Crippen LogP contribution < -0.4 is 11.3 Å². The van der Waals surface area contributed by atoms with Gasteiger partial charge in [0.25, 0.3) is 0 Å². The summed E-state index contributed by atoms with van der Waals surface area (Å²) in [5.41, 5.74) is 4.27. The zero-order chi connectivity index (χ0) is 11.4. The first-order valence-electron chi connectivity index (χ1n) is 5.95. The molecule has 0 aliphatic heterocycles. The van der Waals surface area contributed by atoms with Gasteiger partial charge in [-0.1, -0.05) is 12.5 Å². The van der Waals surface area contributed by atoms with Crippen LogP contribution in [-0.4, -0.2) is 9.55 Å². The number of aryl methyl sites for hydroxylation is 1. The summed E-state index contributed by atoms with van der Waals surface area (Å²) >= 11 is 0. The van der Waals surface area contributed by atoms with Crippen molar-refractivity contribution in [1.82, 2.24) is 15.0 Å². The minimum absolute atomic E-state index is 0.0677. The fraction of sp³-hybridized carbons (Fsp3) is 0.583. The molecule has 0 aromatic carbocycles. The number of hydrogen-bond acceptors (Lipinski definition) is 3. The van der Waals surface area contributed by atoms with Crippen molar-refractivity contribution in [2.75, 3.05) is 0 Å². The van der Waals surface area contributed by atoms with Crippen molar-refractivity contribution >= 4 is 0 Å². The normalized spacial score (nSPS) is 19.0. The van der Waals surface area contributed by atoms with Crippen molar-refractivity contribution in [2.24, 2.45) is 12.9 Å². The highest BCUT2D eigenvalue weighted by Crippen LogP contribution is 2.27. The number of imidazole rings is 1. The van der Waals surface area contributed by atoms with E-state index < -0.39 is 0 Å². The lowest BCUT2D eigenvalue weighted by atomic mass is 10.0. The zero-order valence-electron chi connectivity index (χ0n) is 9.82. The number of rotatable bonds is 3. The second-order valence-electron chi connectivity index (χ2n) is 4.37. The van der Waals surface area contributed by atoms with Gasteiger partial charge in [0.05, 0.1) is 0 Å². The Bertz CT molecular complexity index is 367. The van der Waals surface area contributed by atoms with Crippen LogP contribution in [0.15, 0.2) is 24.0 Å². The maximum absolute atomic E-state index is 5.67. The molecule has 0 fully saturated rings. The summed E-state index contributed by atoms with van der Waals surface area (Å²) in [5, 5.41) is 0. The number of allylic oxidation sites excluding steroid dienone is 1. The molecule has 0 amide bonds. The van der Waals surface area contributed by atoms with Crippen LogP contribution >= 0.6 is 0 Å². The maximum Gasteiger partial charge on any atom is 0.131 e. The third kappa shape index (κ3) is 2.33. The van der Waals surface area contributed by atoms with Gasteiger partial charge in [-0.05, 0) is 31.3 Å². The Hall–Kier alpha value is -1.13. The van der Waals surface area contributed by atoms with Gasteiger partial charge in [-0.25, -0.2) is 10.4 Å². The highest BCUT2D eigenvalue weighted by molar-refractivity contribution is 5.19. The summed E-state index contributed by atoms with van der Waals surface area (Å²) < 4.78 is 2.02. The molecule has 1 aliphatic rings. The molecule has 1 atom stereocenters. The van der Waals surface area contributed by atoms with E-state index in [1.807, 2.05) is 24.0 Å². The molecule has 1 unspecified atom stereocenters. The maximum atomic E-state index is 5.67. The molecular weight excluding hydrogens is 200 g/mol. The highest BCUT2D eigenvalue weighted by atomic mass is 15.3. The number of nitrogens with one attached hydrogen (secondary N) is 1. The van der Waals surface area contributed by atoms with E-state index in [-0.39, 0.29) is 6.04 Å². The first-order valence-corrected chi connectivity index (χ1v) is 5.95. The molecule has 4 nitrogen and oxygen atoms in total. The molecule has 88 valence electrons. The van der Waals surface area contributed by atoms with E-state index in [2.05, 4.69) is 16.5 Å². The summed E-state index contributed by atoms with van der Waals surface area (Å²) in [5.74, 6) is 6.67. The molecular formula is C12H20N4. The molecule has 16 heavy (non-hydrogen) atoms.